The van der Waals surface area contributed by atoms with Crippen molar-refractivity contribution in [1.29, 1.82) is 0 Å². The number of alkyl carbamates (subject to hydrolysis) is 2. The van der Waals surface area contributed by atoms with Crippen LogP contribution in [0.1, 0.15) is 67.2 Å². The van der Waals surface area contributed by atoms with Crippen molar-refractivity contribution in [3.8, 4) is 22.6 Å². The third kappa shape index (κ3) is 13.4. The number of benzene rings is 4. The predicted molar refractivity (Wildman–Crippen MR) is 232 cm³/mol. The lowest BCUT2D eigenvalue weighted by atomic mass is 9.92. The summed E-state index contributed by atoms with van der Waals surface area (Å²) in [6.45, 7) is 10.0. The quantitative estimate of drug-likeness (QED) is 0.0389. The van der Waals surface area contributed by atoms with Crippen molar-refractivity contribution in [3.05, 3.63) is 84.9 Å². The summed E-state index contributed by atoms with van der Waals surface area (Å²) < 4.78 is 28.3. The Morgan fingerprint density at radius 3 is 1.85 bits per heavy atom. The van der Waals surface area contributed by atoms with Gasteiger partial charge in [-0.2, -0.15) is 0 Å². The molecule has 4 aromatic carbocycles. The number of ether oxygens (including phenoxy) is 5. The fourth-order valence-electron chi connectivity index (χ4n) is 6.54. The number of hydrogen-bond acceptors (Lipinski definition) is 11. The largest absolute Gasteiger partial charge is 0.489 e. The first-order valence-corrected chi connectivity index (χ1v) is 20.2. The van der Waals surface area contributed by atoms with Crippen LogP contribution >= 0.6 is 0 Å². The first kappa shape index (κ1) is 45.4. The van der Waals surface area contributed by atoms with E-state index < -0.39 is 59.9 Å². The van der Waals surface area contributed by atoms with Gasteiger partial charge in [-0.25, -0.2) is 14.4 Å². The van der Waals surface area contributed by atoms with Crippen molar-refractivity contribution < 1.29 is 47.7 Å². The van der Waals surface area contributed by atoms with Crippen LogP contribution in [0.3, 0.4) is 0 Å². The molecule has 4 aromatic rings. The number of nitrogens with zero attached hydrogens (tertiary/aromatic N) is 1. The number of nitrogens with one attached hydrogen (secondary N) is 4. The molecule has 15 nitrogen and oxygen atoms in total. The maximum atomic E-state index is 13.8. The van der Waals surface area contributed by atoms with Crippen LogP contribution in [0.5, 0.6) is 11.5 Å². The van der Waals surface area contributed by atoms with Crippen molar-refractivity contribution in [3.63, 3.8) is 0 Å². The van der Waals surface area contributed by atoms with Gasteiger partial charge in [-0.05, 0) is 101 Å². The molecule has 0 aliphatic carbocycles. The topological polar surface area (TPSA) is 192 Å². The van der Waals surface area contributed by atoms with Crippen LogP contribution in [0.25, 0.3) is 32.7 Å². The van der Waals surface area contributed by atoms with Crippen molar-refractivity contribution in [2.24, 2.45) is 4.99 Å². The molecule has 0 saturated carbocycles. The summed E-state index contributed by atoms with van der Waals surface area (Å²) in [5.74, 6) is -0.998. The number of aliphatic imine (C=N–C) groups is 1. The maximum Gasteiger partial charge on any atom is 0.414 e. The molecule has 4 N–H and O–H groups in total. The first-order valence-electron chi connectivity index (χ1n) is 20.2. The second-order valence-corrected chi connectivity index (χ2v) is 16.3. The molecule has 2 atom stereocenters. The third-order valence-electron chi connectivity index (χ3n) is 9.13. The molecule has 0 aromatic heterocycles. The van der Waals surface area contributed by atoms with E-state index in [1.807, 2.05) is 72.8 Å². The molecule has 0 radical (unpaired) electrons. The summed E-state index contributed by atoms with van der Waals surface area (Å²) in [7, 11) is 1.23. The van der Waals surface area contributed by atoms with Gasteiger partial charge in [0.1, 0.15) is 41.4 Å². The Labute approximate surface area is 355 Å². The van der Waals surface area contributed by atoms with Gasteiger partial charge in [-0.1, -0.05) is 72.8 Å². The minimum atomic E-state index is -1.09. The minimum absolute atomic E-state index is 0.0936. The molecular formula is C46H55N5O10. The zero-order chi connectivity index (χ0) is 44.2. The molecule has 1 heterocycles. The van der Waals surface area contributed by atoms with Crippen molar-refractivity contribution in [1.82, 2.24) is 21.3 Å². The fraction of sp³-hybridized carbons (Fsp3) is 0.391. The van der Waals surface area contributed by atoms with Crippen LogP contribution < -0.4 is 30.7 Å². The van der Waals surface area contributed by atoms with Gasteiger partial charge in [0.15, 0.2) is 6.61 Å². The minimum Gasteiger partial charge on any atom is -0.489 e. The van der Waals surface area contributed by atoms with Crippen LogP contribution in [0.2, 0.25) is 0 Å². The zero-order valence-electron chi connectivity index (χ0n) is 35.7. The molecule has 5 rings (SSSR count). The Morgan fingerprint density at radius 1 is 0.738 bits per heavy atom. The van der Waals surface area contributed by atoms with Gasteiger partial charge in [0.05, 0.1) is 7.11 Å². The standard InChI is InChI=1S/C46H55N5O10/c1-45(2,3)60-43(55)50-42(51-44(56)61-46(4,5)6)47-26-14-12-20-33-40(53)49-34(41(54)57-7)21-13-15-27-58-35-24-22-29-16-8-10-18-31(29)38(35)39-32-19-11-9-17-30(32)23-25-36(39)59-28-37(52)48-33/h8-11,13,15-19,22-25,33-34H,12,14,20-21,26-28H2,1-7H3,(H,48,52)(H,49,53)(H2,47,50,51,55,56)/t33-,34+/m1/s1. The van der Waals surface area contributed by atoms with E-state index in [1.54, 1.807) is 53.7 Å². The predicted octanol–water partition coefficient (Wildman–Crippen LogP) is 7.10. The second-order valence-electron chi connectivity index (χ2n) is 16.3. The average molecular weight is 838 g/mol. The lowest BCUT2D eigenvalue weighted by Gasteiger charge is -2.22. The van der Waals surface area contributed by atoms with Crippen LogP contribution in [-0.2, 0) is 28.6 Å². The number of amides is 4. The highest BCUT2D eigenvalue weighted by Gasteiger charge is 2.28. The number of guanidine groups is 1. The molecule has 0 spiro atoms. The molecular weight excluding hydrogens is 783 g/mol. The summed E-state index contributed by atoms with van der Waals surface area (Å²) in [6, 6.07) is 21.3. The van der Waals surface area contributed by atoms with E-state index in [-0.39, 0.29) is 32.0 Å². The molecule has 61 heavy (non-hydrogen) atoms. The Balaban J connectivity index is 1.41. The average Bonchev–Trinajstić information content (AvgIpc) is 3.19. The molecule has 15 heteroatoms. The molecule has 0 unspecified atom stereocenters. The lowest BCUT2D eigenvalue weighted by Crippen LogP contribution is -2.52. The molecule has 0 fully saturated rings. The van der Waals surface area contributed by atoms with Crippen molar-refractivity contribution in [2.45, 2.75) is 90.5 Å². The van der Waals surface area contributed by atoms with Crippen molar-refractivity contribution >= 4 is 57.5 Å². The highest BCUT2D eigenvalue weighted by atomic mass is 16.6. The molecule has 1 aliphatic rings. The fourth-order valence-corrected chi connectivity index (χ4v) is 6.54. The van der Waals surface area contributed by atoms with E-state index in [4.69, 9.17) is 23.7 Å². The van der Waals surface area contributed by atoms with E-state index in [0.717, 1.165) is 32.7 Å². The lowest BCUT2D eigenvalue weighted by molar-refractivity contribution is -0.145. The van der Waals surface area contributed by atoms with Gasteiger partial charge in [0.25, 0.3) is 5.91 Å². The summed E-state index contributed by atoms with van der Waals surface area (Å²) in [6.07, 6.45) is 2.78. The SMILES string of the molecule is COC(=O)[C@@H]1CC=CCOc2ccc3ccccc3c2-c2c(ccc3ccccc23)OCC(=O)N[C@H](CCCCN=C(NC(=O)OC(C)(C)C)NC(=O)OC(C)(C)C)C(=O)N1. The smallest absolute Gasteiger partial charge is 0.414 e. The number of carbonyl (C=O) groups excluding carboxylic acids is 5. The number of methoxy groups -OCH3 is 1. The monoisotopic (exact) mass is 837 g/mol. The van der Waals surface area contributed by atoms with Gasteiger partial charge < -0.3 is 34.3 Å². The van der Waals surface area contributed by atoms with E-state index >= 15 is 0 Å². The molecule has 0 saturated heterocycles. The normalized spacial score (nSPS) is 16.2. The highest BCUT2D eigenvalue weighted by Crippen LogP contribution is 2.45. The molecule has 1 aliphatic heterocycles. The summed E-state index contributed by atoms with van der Waals surface area (Å²) in [4.78, 5) is 69.8. The summed E-state index contributed by atoms with van der Waals surface area (Å²) in [5.41, 5.74) is -0.0837. The van der Waals surface area contributed by atoms with Gasteiger partial charge in [0, 0.05) is 17.7 Å². The Hall–Kier alpha value is -6.64. The Bertz CT molecular complexity index is 2260. The number of esters is 1. The van der Waals surface area contributed by atoms with Gasteiger partial charge in [-0.3, -0.25) is 25.2 Å². The van der Waals surface area contributed by atoms with E-state index in [9.17, 15) is 24.0 Å². The molecule has 4 amide bonds. The first-order chi connectivity index (χ1) is 29.0. The summed E-state index contributed by atoms with van der Waals surface area (Å²) in [5, 5.41) is 14.2. The molecule has 0 bridgehead atoms. The van der Waals surface area contributed by atoms with Gasteiger partial charge in [-0.15, -0.1) is 0 Å². The van der Waals surface area contributed by atoms with Gasteiger partial charge >= 0.3 is 18.2 Å². The zero-order valence-corrected chi connectivity index (χ0v) is 35.7. The molecule has 324 valence electrons. The third-order valence-corrected chi connectivity index (χ3v) is 9.13. The highest BCUT2D eigenvalue weighted by molar-refractivity contribution is 6.10. The number of fused-ring (bicyclic) bond motifs is 7. The van der Waals surface area contributed by atoms with Crippen LogP contribution in [0.15, 0.2) is 89.9 Å². The van der Waals surface area contributed by atoms with Crippen LogP contribution in [-0.4, -0.2) is 86.1 Å². The van der Waals surface area contributed by atoms with E-state index in [1.165, 1.54) is 7.11 Å². The van der Waals surface area contributed by atoms with E-state index in [2.05, 4.69) is 26.3 Å². The van der Waals surface area contributed by atoms with E-state index in [0.29, 0.717) is 24.3 Å². The van der Waals surface area contributed by atoms with Crippen LogP contribution in [0, 0.1) is 0 Å². The number of carbonyl (C=O) groups is 5. The number of rotatable bonds is 6. The number of unbranched alkanes of at least 4 members (excludes halogenated alkanes) is 1. The maximum absolute atomic E-state index is 13.8. The van der Waals surface area contributed by atoms with Crippen molar-refractivity contribution in [2.75, 3.05) is 26.9 Å². The van der Waals surface area contributed by atoms with Gasteiger partial charge in [0.2, 0.25) is 11.9 Å². The second kappa shape index (κ2) is 20.6. The van der Waals surface area contributed by atoms with Crippen LogP contribution in [0.4, 0.5) is 9.59 Å². The Morgan fingerprint density at radius 2 is 1.30 bits per heavy atom. The number of hydrogen-bond donors (Lipinski definition) is 4. The summed E-state index contributed by atoms with van der Waals surface area (Å²) >= 11 is 0. The Kier molecular flexibility index (Phi) is 15.3.